The summed E-state index contributed by atoms with van der Waals surface area (Å²) in [6.07, 6.45) is 0. The van der Waals surface area contributed by atoms with Gasteiger partial charge in [-0.05, 0) is 50.6 Å². The molecule has 1 atom stereocenters. The van der Waals surface area contributed by atoms with Gasteiger partial charge in [-0.15, -0.1) is 11.3 Å². The molecule has 108 valence electrons. The smallest absolute Gasteiger partial charge is 0.0598 e. The minimum atomic E-state index is 0.261. The van der Waals surface area contributed by atoms with E-state index in [9.17, 15) is 0 Å². The number of rotatable bonds is 4. The van der Waals surface area contributed by atoms with Crippen molar-refractivity contribution in [2.75, 3.05) is 24.3 Å². The van der Waals surface area contributed by atoms with Crippen molar-refractivity contribution < 1.29 is 0 Å². The van der Waals surface area contributed by atoms with Crippen LogP contribution in [0.1, 0.15) is 28.3 Å². The number of nitrogens with zero attached hydrogens (tertiary/aromatic N) is 1. The third-order valence-electron chi connectivity index (χ3n) is 3.36. The van der Waals surface area contributed by atoms with Gasteiger partial charge in [-0.25, -0.2) is 0 Å². The van der Waals surface area contributed by atoms with Crippen molar-refractivity contribution in [2.24, 2.45) is 0 Å². The van der Waals surface area contributed by atoms with Crippen LogP contribution in [-0.4, -0.2) is 14.1 Å². The summed E-state index contributed by atoms with van der Waals surface area (Å²) in [6.45, 7) is 6.52. The molecule has 2 aromatic rings. The third kappa shape index (κ3) is 3.28. The number of thiophene rings is 1. The summed E-state index contributed by atoms with van der Waals surface area (Å²) in [5, 5.41) is 4.34. The van der Waals surface area contributed by atoms with Gasteiger partial charge in [0.15, 0.2) is 0 Å². The Hall–Kier alpha value is -1.19. The highest BCUT2D eigenvalue weighted by Gasteiger charge is 2.13. The Morgan fingerprint density at radius 2 is 1.90 bits per heavy atom. The zero-order chi connectivity index (χ0) is 14.9. The van der Waals surface area contributed by atoms with Gasteiger partial charge >= 0.3 is 0 Å². The van der Waals surface area contributed by atoms with Crippen LogP contribution in [-0.2, 0) is 0 Å². The molecule has 0 fully saturated rings. The van der Waals surface area contributed by atoms with Crippen LogP contribution in [0.5, 0.6) is 0 Å². The van der Waals surface area contributed by atoms with E-state index in [1.807, 2.05) is 43.6 Å². The first-order valence-corrected chi connectivity index (χ1v) is 7.88. The molecule has 1 aromatic carbocycles. The predicted octanol–water partition coefficient (Wildman–Crippen LogP) is 5.26. The Labute approximate surface area is 130 Å². The first-order valence-electron chi connectivity index (χ1n) is 6.69. The number of benzene rings is 1. The van der Waals surface area contributed by atoms with Crippen molar-refractivity contribution in [3.8, 4) is 0 Å². The summed E-state index contributed by atoms with van der Waals surface area (Å²) in [5.74, 6) is 0. The number of halogens is 1. The van der Waals surface area contributed by atoms with Crippen molar-refractivity contribution in [2.45, 2.75) is 26.8 Å². The molecule has 1 heterocycles. The number of aryl methyl sites for hydroxylation is 2. The average molecular weight is 309 g/mol. The zero-order valence-corrected chi connectivity index (χ0v) is 14.2. The van der Waals surface area contributed by atoms with E-state index in [4.69, 9.17) is 11.6 Å². The van der Waals surface area contributed by atoms with E-state index < -0.39 is 0 Å². The standard InChI is InChI=1S/C16H21ClN2S/c1-10-8-14(12(3)20-10)11(2)18-15-9-13(17)6-7-16(15)19(4)5/h6-9,11,18H,1-5H3. The third-order valence-corrected chi connectivity index (χ3v) is 4.58. The Morgan fingerprint density at radius 3 is 2.45 bits per heavy atom. The van der Waals surface area contributed by atoms with Crippen LogP contribution >= 0.6 is 22.9 Å². The van der Waals surface area contributed by atoms with Gasteiger partial charge in [0, 0.05) is 34.9 Å². The van der Waals surface area contributed by atoms with Gasteiger partial charge in [0.2, 0.25) is 0 Å². The topological polar surface area (TPSA) is 15.3 Å². The lowest BCUT2D eigenvalue weighted by molar-refractivity contribution is 0.880. The van der Waals surface area contributed by atoms with Crippen LogP contribution in [0.3, 0.4) is 0 Å². The molecule has 1 aromatic heterocycles. The molecule has 0 aliphatic heterocycles. The number of nitrogens with one attached hydrogen (secondary N) is 1. The highest BCUT2D eigenvalue weighted by molar-refractivity contribution is 7.12. The second kappa shape index (κ2) is 6.06. The van der Waals surface area contributed by atoms with E-state index in [-0.39, 0.29) is 6.04 Å². The van der Waals surface area contributed by atoms with E-state index >= 15 is 0 Å². The van der Waals surface area contributed by atoms with Crippen molar-refractivity contribution in [1.82, 2.24) is 0 Å². The van der Waals surface area contributed by atoms with Crippen LogP contribution in [0.4, 0.5) is 11.4 Å². The van der Waals surface area contributed by atoms with E-state index in [0.29, 0.717) is 0 Å². The maximum atomic E-state index is 6.13. The largest absolute Gasteiger partial charge is 0.377 e. The predicted molar refractivity (Wildman–Crippen MR) is 91.6 cm³/mol. The lowest BCUT2D eigenvalue weighted by Crippen LogP contribution is -2.14. The second-order valence-corrected chi connectivity index (χ2v) is 7.19. The van der Waals surface area contributed by atoms with Crippen molar-refractivity contribution >= 4 is 34.3 Å². The molecule has 20 heavy (non-hydrogen) atoms. The van der Waals surface area contributed by atoms with Crippen LogP contribution in [0, 0.1) is 13.8 Å². The van der Waals surface area contributed by atoms with Crippen LogP contribution < -0.4 is 10.2 Å². The fourth-order valence-electron chi connectivity index (χ4n) is 2.41. The summed E-state index contributed by atoms with van der Waals surface area (Å²) in [6, 6.07) is 8.48. The van der Waals surface area contributed by atoms with Gasteiger partial charge in [0.1, 0.15) is 0 Å². The molecule has 0 aliphatic rings. The molecule has 0 bridgehead atoms. The van der Waals surface area contributed by atoms with Crippen LogP contribution in [0.15, 0.2) is 24.3 Å². The van der Waals surface area contributed by atoms with E-state index in [0.717, 1.165) is 16.4 Å². The maximum absolute atomic E-state index is 6.13. The molecule has 0 aliphatic carbocycles. The van der Waals surface area contributed by atoms with Crippen molar-refractivity contribution in [1.29, 1.82) is 0 Å². The first-order chi connectivity index (χ1) is 9.38. The van der Waals surface area contributed by atoms with Crippen molar-refractivity contribution in [3.63, 3.8) is 0 Å². The monoisotopic (exact) mass is 308 g/mol. The lowest BCUT2D eigenvalue weighted by atomic mass is 10.1. The van der Waals surface area contributed by atoms with Gasteiger partial charge in [-0.3, -0.25) is 0 Å². The highest BCUT2D eigenvalue weighted by Crippen LogP contribution is 2.33. The molecule has 2 rings (SSSR count). The lowest BCUT2D eigenvalue weighted by Gasteiger charge is -2.22. The molecule has 0 saturated heterocycles. The van der Waals surface area contributed by atoms with Gasteiger partial charge < -0.3 is 10.2 Å². The van der Waals surface area contributed by atoms with Gasteiger partial charge in [0.25, 0.3) is 0 Å². The Morgan fingerprint density at radius 1 is 1.20 bits per heavy atom. The van der Waals surface area contributed by atoms with Gasteiger partial charge in [0.05, 0.1) is 11.4 Å². The average Bonchev–Trinajstić information content (AvgIpc) is 2.68. The molecule has 1 unspecified atom stereocenters. The summed E-state index contributed by atoms with van der Waals surface area (Å²) in [7, 11) is 4.08. The first kappa shape index (κ1) is 15.2. The summed E-state index contributed by atoms with van der Waals surface area (Å²) in [4.78, 5) is 4.82. The zero-order valence-electron chi connectivity index (χ0n) is 12.6. The Bertz CT molecular complexity index is 605. The maximum Gasteiger partial charge on any atom is 0.0598 e. The fourth-order valence-corrected chi connectivity index (χ4v) is 3.60. The molecule has 0 spiro atoms. The number of hydrogen-bond donors (Lipinski definition) is 1. The van der Waals surface area contributed by atoms with Crippen LogP contribution in [0.25, 0.3) is 0 Å². The molecular formula is C16H21ClN2S. The van der Waals surface area contributed by atoms with Crippen LogP contribution in [0.2, 0.25) is 5.02 Å². The fraction of sp³-hybridized carbons (Fsp3) is 0.375. The normalized spacial score (nSPS) is 12.3. The van der Waals surface area contributed by atoms with E-state index in [1.165, 1.54) is 15.3 Å². The molecule has 2 nitrogen and oxygen atoms in total. The second-order valence-electron chi connectivity index (χ2n) is 5.29. The minimum absolute atomic E-state index is 0.261. The van der Waals surface area contributed by atoms with Gasteiger partial charge in [-0.1, -0.05) is 11.6 Å². The quantitative estimate of drug-likeness (QED) is 0.829. The Kier molecular flexibility index (Phi) is 4.61. The molecule has 1 N–H and O–H groups in total. The summed E-state index contributed by atoms with van der Waals surface area (Å²) in [5.41, 5.74) is 3.57. The molecule has 0 saturated carbocycles. The van der Waals surface area contributed by atoms with E-state index in [2.05, 4.69) is 37.1 Å². The summed E-state index contributed by atoms with van der Waals surface area (Å²) < 4.78 is 0. The number of anilines is 2. The molecule has 0 radical (unpaired) electrons. The van der Waals surface area contributed by atoms with E-state index in [1.54, 1.807) is 0 Å². The van der Waals surface area contributed by atoms with Crippen molar-refractivity contribution in [3.05, 3.63) is 44.6 Å². The molecular weight excluding hydrogens is 288 g/mol. The minimum Gasteiger partial charge on any atom is -0.377 e. The highest BCUT2D eigenvalue weighted by atomic mass is 35.5. The SMILES string of the molecule is Cc1cc(C(C)Nc2cc(Cl)ccc2N(C)C)c(C)s1. The summed E-state index contributed by atoms with van der Waals surface area (Å²) >= 11 is 7.98. The Balaban J connectivity index is 2.29. The number of hydrogen-bond acceptors (Lipinski definition) is 3. The molecule has 0 amide bonds. The molecule has 4 heteroatoms. The van der Waals surface area contributed by atoms with Gasteiger partial charge in [-0.2, -0.15) is 0 Å².